The molecule has 0 fully saturated rings. The maximum Gasteiger partial charge on any atom is 0.231 e. The monoisotopic (exact) mass is 237 g/mol. The number of nitrogens with two attached hydrogens (primary N) is 1. The van der Waals surface area contributed by atoms with Crippen LogP contribution in [0.2, 0.25) is 0 Å². The summed E-state index contributed by atoms with van der Waals surface area (Å²) < 4.78 is 10.5. The summed E-state index contributed by atoms with van der Waals surface area (Å²) in [5.41, 5.74) is 6.45. The Hall–Kier alpha value is -1.95. The second-order valence-electron chi connectivity index (χ2n) is 3.71. The number of hydrogen-bond donors (Lipinski definition) is 3. The SMILES string of the molecule is N/C(CCNCc1ccc2c(c1)OCO2)=N\O. The minimum Gasteiger partial charge on any atom is -0.454 e. The topological polar surface area (TPSA) is 89.1 Å². The molecule has 0 saturated heterocycles. The van der Waals surface area contributed by atoms with Gasteiger partial charge in [-0.05, 0) is 17.7 Å². The van der Waals surface area contributed by atoms with E-state index in [2.05, 4.69) is 10.5 Å². The lowest BCUT2D eigenvalue weighted by atomic mass is 10.2. The molecular weight excluding hydrogens is 222 g/mol. The zero-order valence-electron chi connectivity index (χ0n) is 9.35. The van der Waals surface area contributed by atoms with Crippen molar-refractivity contribution in [3.63, 3.8) is 0 Å². The van der Waals surface area contributed by atoms with Crippen LogP contribution in [0.15, 0.2) is 23.4 Å². The van der Waals surface area contributed by atoms with Crippen LogP contribution in [0.25, 0.3) is 0 Å². The fourth-order valence-electron chi connectivity index (χ4n) is 1.55. The summed E-state index contributed by atoms with van der Waals surface area (Å²) in [6.45, 7) is 1.65. The van der Waals surface area contributed by atoms with Crippen molar-refractivity contribution in [2.75, 3.05) is 13.3 Å². The van der Waals surface area contributed by atoms with E-state index >= 15 is 0 Å². The largest absolute Gasteiger partial charge is 0.454 e. The summed E-state index contributed by atoms with van der Waals surface area (Å²) in [7, 11) is 0. The highest BCUT2D eigenvalue weighted by atomic mass is 16.7. The molecule has 0 aliphatic carbocycles. The van der Waals surface area contributed by atoms with Gasteiger partial charge in [0.1, 0.15) is 5.84 Å². The molecule has 0 bridgehead atoms. The molecule has 0 amide bonds. The summed E-state index contributed by atoms with van der Waals surface area (Å²) >= 11 is 0. The zero-order valence-corrected chi connectivity index (χ0v) is 9.35. The van der Waals surface area contributed by atoms with Crippen LogP contribution in [0.3, 0.4) is 0 Å². The van der Waals surface area contributed by atoms with Gasteiger partial charge in [0.2, 0.25) is 6.79 Å². The maximum atomic E-state index is 8.36. The standard InChI is InChI=1S/C11H15N3O3/c12-11(14-15)3-4-13-6-8-1-2-9-10(5-8)17-7-16-9/h1-2,5,13,15H,3-4,6-7H2,(H2,12,14). The quantitative estimate of drug-likeness (QED) is 0.230. The maximum absolute atomic E-state index is 8.36. The van der Waals surface area contributed by atoms with Gasteiger partial charge in [-0.1, -0.05) is 11.2 Å². The van der Waals surface area contributed by atoms with Crippen LogP contribution in [0, 0.1) is 0 Å². The summed E-state index contributed by atoms with van der Waals surface area (Å²) in [4.78, 5) is 0. The summed E-state index contributed by atoms with van der Waals surface area (Å²) in [5.74, 6) is 1.79. The van der Waals surface area contributed by atoms with Crippen LogP contribution < -0.4 is 20.5 Å². The van der Waals surface area contributed by atoms with E-state index in [0.29, 0.717) is 19.5 Å². The number of benzene rings is 1. The third-order valence-electron chi connectivity index (χ3n) is 2.45. The van der Waals surface area contributed by atoms with E-state index in [1.54, 1.807) is 0 Å². The molecule has 1 aliphatic heterocycles. The molecule has 6 heteroatoms. The second kappa shape index (κ2) is 5.40. The third kappa shape index (κ3) is 3.01. The Balaban J connectivity index is 1.80. The van der Waals surface area contributed by atoms with Gasteiger partial charge in [-0.25, -0.2) is 0 Å². The number of nitrogens with zero attached hydrogens (tertiary/aromatic N) is 1. The van der Waals surface area contributed by atoms with Gasteiger partial charge < -0.3 is 25.7 Å². The third-order valence-corrected chi connectivity index (χ3v) is 2.45. The van der Waals surface area contributed by atoms with Crippen molar-refractivity contribution in [3.05, 3.63) is 23.8 Å². The van der Waals surface area contributed by atoms with Crippen LogP contribution in [-0.2, 0) is 6.54 Å². The molecule has 17 heavy (non-hydrogen) atoms. The fraction of sp³-hybridized carbons (Fsp3) is 0.364. The lowest BCUT2D eigenvalue weighted by Crippen LogP contribution is -2.21. The summed E-state index contributed by atoms with van der Waals surface area (Å²) in [5, 5.41) is 14.4. The van der Waals surface area contributed by atoms with Gasteiger partial charge in [-0.15, -0.1) is 0 Å². The van der Waals surface area contributed by atoms with Crippen LogP contribution >= 0.6 is 0 Å². The molecule has 0 radical (unpaired) electrons. The number of nitrogens with one attached hydrogen (secondary N) is 1. The zero-order chi connectivity index (χ0) is 12.1. The molecule has 0 spiro atoms. The predicted octanol–water partition coefficient (Wildman–Crippen LogP) is 0.641. The molecule has 4 N–H and O–H groups in total. The van der Waals surface area contributed by atoms with E-state index in [1.807, 2.05) is 18.2 Å². The number of oxime groups is 1. The number of hydrogen-bond acceptors (Lipinski definition) is 5. The van der Waals surface area contributed by atoms with Crippen molar-refractivity contribution >= 4 is 5.84 Å². The van der Waals surface area contributed by atoms with Crippen LogP contribution in [0.5, 0.6) is 11.5 Å². The molecule has 0 aromatic heterocycles. The Bertz CT molecular complexity index is 420. The molecular formula is C11H15N3O3. The van der Waals surface area contributed by atoms with Crippen LogP contribution in [0.4, 0.5) is 0 Å². The molecule has 1 heterocycles. The van der Waals surface area contributed by atoms with Gasteiger partial charge in [0, 0.05) is 19.5 Å². The first kappa shape index (κ1) is 11.5. The molecule has 92 valence electrons. The van der Waals surface area contributed by atoms with Crippen LogP contribution in [-0.4, -0.2) is 24.4 Å². The molecule has 1 aliphatic rings. The Labute approximate surface area is 99.0 Å². The fourth-order valence-corrected chi connectivity index (χ4v) is 1.55. The highest BCUT2D eigenvalue weighted by Gasteiger charge is 2.12. The predicted molar refractivity (Wildman–Crippen MR) is 62.3 cm³/mol. The lowest BCUT2D eigenvalue weighted by Gasteiger charge is -2.05. The minimum absolute atomic E-state index is 0.225. The van der Waals surface area contributed by atoms with Crippen LogP contribution in [0.1, 0.15) is 12.0 Å². The molecule has 0 unspecified atom stereocenters. The van der Waals surface area contributed by atoms with Crippen molar-refractivity contribution in [3.8, 4) is 11.5 Å². The van der Waals surface area contributed by atoms with Crippen molar-refractivity contribution in [1.82, 2.24) is 5.32 Å². The molecule has 1 aromatic carbocycles. The first-order chi connectivity index (χ1) is 8.29. The van der Waals surface area contributed by atoms with Gasteiger partial charge in [-0.3, -0.25) is 0 Å². The van der Waals surface area contributed by atoms with Gasteiger partial charge in [-0.2, -0.15) is 0 Å². The van der Waals surface area contributed by atoms with E-state index < -0.39 is 0 Å². The normalized spacial score (nSPS) is 14.0. The average Bonchev–Trinajstić information content (AvgIpc) is 2.81. The first-order valence-corrected chi connectivity index (χ1v) is 5.35. The molecule has 6 nitrogen and oxygen atoms in total. The molecule has 1 aromatic rings. The van der Waals surface area contributed by atoms with E-state index in [9.17, 15) is 0 Å². The summed E-state index contributed by atoms with van der Waals surface area (Å²) in [6.07, 6.45) is 0.515. The van der Waals surface area contributed by atoms with Crippen molar-refractivity contribution in [2.24, 2.45) is 10.9 Å². The Morgan fingerprint density at radius 1 is 1.41 bits per heavy atom. The van der Waals surface area contributed by atoms with Gasteiger partial charge in [0.25, 0.3) is 0 Å². The molecule has 2 rings (SSSR count). The minimum atomic E-state index is 0.225. The molecule has 0 saturated carbocycles. The van der Waals surface area contributed by atoms with Gasteiger partial charge in [0.15, 0.2) is 11.5 Å². The Kier molecular flexibility index (Phi) is 3.66. The van der Waals surface area contributed by atoms with E-state index in [4.69, 9.17) is 20.4 Å². The average molecular weight is 237 g/mol. The second-order valence-corrected chi connectivity index (χ2v) is 3.71. The number of ether oxygens (including phenoxy) is 2. The van der Waals surface area contributed by atoms with Gasteiger partial charge in [0.05, 0.1) is 0 Å². The van der Waals surface area contributed by atoms with E-state index in [1.165, 1.54) is 0 Å². The highest BCUT2D eigenvalue weighted by molar-refractivity contribution is 5.79. The van der Waals surface area contributed by atoms with Crippen molar-refractivity contribution in [1.29, 1.82) is 0 Å². The van der Waals surface area contributed by atoms with Gasteiger partial charge >= 0.3 is 0 Å². The number of rotatable bonds is 5. The highest BCUT2D eigenvalue weighted by Crippen LogP contribution is 2.32. The first-order valence-electron chi connectivity index (χ1n) is 5.35. The Morgan fingerprint density at radius 3 is 3.06 bits per heavy atom. The van der Waals surface area contributed by atoms with Crippen molar-refractivity contribution < 1.29 is 14.7 Å². The number of fused-ring (bicyclic) bond motifs is 1. The van der Waals surface area contributed by atoms with E-state index in [-0.39, 0.29) is 12.6 Å². The smallest absolute Gasteiger partial charge is 0.231 e. The van der Waals surface area contributed by atoms with E-state index in [0.717, 1.165) is 17.1 Å². The summed E-state index contributed by atoms with van der Waals surface area (Å²) in [6, 6.07) is 5.81. The lowest BCUT2D eigenvalue weighted by molar-refractivity contribution is 0.174. The number of amidine groups is 1. The molecule has 0 atom stereocenters. The van der Waals surface area contributed by atoms with Crippen molar-refractivity contribution in [2.45, 2.75) is 13.0 Å². The Morgan fingerprint density at radius 2 is 2.24 bits per heavy atom.